The van der Waals surface area contributed by atoms with Crippen LogP contribution in [0, 0.1) is 5.92 Å². The van der Waals surface area contributed by atoms with E-state index in [1.165, 1.54) is 19.3 Å². The Balaban J connectivity index is 1.68. The van der Waals surface area contributed by atoms with E-state index in [9.17, 15) is 4.79 Å². The maximum atomic E-state index is 12.1. The lowest BCUT2D eigenvalue weighted by atomic mass is 9.85. The number of rotatable bonds is 6. The van der Waals surface area contributed by atoms with Gasteiger partial charge in [-0.15, -0.1) is 0 Å². The van der Waals surface area contributed by atoms with Crippen LogP contribution in [0.4, 0.5) is 4.79 Å². The van der Waals surface area contributed by atoms with Crippen molar-refractivity contribution in [1.29, 1.82) is 0 Å². The molecule has 0 saturated heterocycles. The molecule has 4 heteroatoms. The summed E-state index contributed by atoms with van der Waals surface area (Å²) in [6.07, 6.45) is 6.22. The molecule has 0 unspecified atom stereocenters. The average Bonchev–Trinajstić information content (AvgIpc) is 3.01. The fraction of sp³-hybridized carbons (Fsp3) is 0.933. The molecule has 110 valence electrons. The van der Waals surface area contributed by atoms with Crippen LogP contribution in [0.25, 0.3) is 0 Å². The minimum Gasteiger partial charge on any atom is -0.444 e. The van der Waals surface area contributed by atoms with Crippen LogP contribution in [0.15, 0.2) is 0 Å². The first-order valence-electron chi connectivity index (χ1n) is 7.66. The minimum absolute atomic E-state index is 0.152. The summed E-state index contributed by atoms with van der Waals surface area (Å²) in [7, 11) is 0. The van der Waals surface area contributed by atoms with E-state index in [4.69, 9.17) is 4.74 Å². The summed E-state index contributed by atoms with van der Waals surface area (Å²) in [4.78, 5) is 14.0. The Kier molecular flexibility index (Phi) is 4.71. The highest BCUT2D eigenvalue weighted by molar-refractivity contribution is 5.69. The van der Waals surface area contributed by atoms with E-state index in [1.54, 1.807) is 0 Å². The molecule has 2 fully saturated rings. The van der Waals surface area contributed by atoms with Crippen molar-refractivity contribution in [2.75, 3.05) is 19.6 Å². The highest BCUT2D eigenvalue weighted by Gasteiger charge is 2.34. The zero-order valence-electron chi connectivity index (χ0n) is 12.6. The number of hydrogen-bond donors (Lipinski definition) is 1. The number of nitrogens with one attached hydrogen (secondary N) is 1. The Morgan fingerprint density at radius 1 is 1.26 bits per heavy atom. The number of amides is 1. The van der Waals surface area contributed by atoms with Gasteiger partial charge in [-0.2, -0.15) is 0 Å². The Hall–Kier alpha value is -0.770. The smallest absolute Gasteiger partial charge is 0.410 e. The molecule has 2 aliphatic carbocycles. The van der Waals surface area contributed by atoms with Gasteiger partial charge in [0, 0.05) is 19.1 Å². The van der Waals surface area contributed by atoms with E-state index in [1.807, 2.05) is 25.7 Å². The molecule has 0 bridgehead atoms. The van der Waals surface area contributed by atoms with Gasteiger partial charge in [0.2, 0.25) is 0 Å². The van der Waals surface area contributed by atoms with Crippen molar-refractivity contribution in [3.8, 4) is 0 Å². The van der Waals surface area contributed by atoms with E-state index in [0.717, 1.165) is 38.4 Å². The summed E-state index contributed by atoms with van der Waals surface area (Å²) in [5.41, 5.74) is -0.399. The molecule has 2 saturated carbocycles. The van der Waals surface area contributed by atoms with Gasteiger partial charge >= 0.3 is 6.09 Å². The lowest BCUT2D eigenvalue weighted by Gasteiger charge is -2.29. The van der Waals surface area contributed by atoms with Crippen molar-refractivity contribution < 1.29 is 9.53 Å². The van der Waals surface area contributed by atoms with Gasteiger partial charge in [0.15, 0.2) is 0 Å². The number of carbonyl (C=O) groups excluding carboxylic acids is 1. The Bertz CT molecular complexity index is 304. The number of carbonyl (C=O) groups is 1. The average molecular weight is 268 g/mol. The second-order valence-electron chi connectivity index (χ2n) is 6.91. The summed E-state index contributed by atoms with van der Waals surface area (Å²) in [5.74, 6) is 0.871. The second-order valence-corrected chi connectivity index (χ2v) is 6.91. The Morgan fingerprint density at radius 2 is 1.95 bits per heavy atom. The molecule has 2 aliphatic rings. The first-order valence-corrected chi connectivity index (χ1v) is 7.66. The van der Waals surface area contributed by atoms with Gasteiger partial charge in [0.1, 0.15) is 5.60 Å². The van der Waals surface area contributed by atoms with Crippen LogP contribution in [0.1, 0.15) is 52.9 Å². The number of hydrogen-bond acceptors (Lipinski definition) is 3. The monoisotopic (exact) mass is 268 g/mol. The third-order valence-electron chi connectivity index (χ3n) is 3.80. The predicted octanol–water partition coefficient (Wildman–Crippen LogP) is 2.78. The maximum absolute atomic E-state index is 12.1. The number of ether oxygens (including phenoxy) is 1. The maximum Gasteiger partial charge on any atom is 0.410 e. The van der Waals surface area contributed by atoms with Gasteiger partial charge in [-0.1, -0.05) is 6.42 Å². The fourth-order valence-electron chi connectivity index (χ4n) is 2.33. The highest BCUT2D eigenvalue weighted by Crippen LogP contribution is 2.28. The molecule has 19 heavy (non-hydrogen) atoms. The van der Waals surface area contributed by atoms with Crippen LogP contribution in [-0.4, -0.2) is 42.3 Å². The zero-order valence-corrected chi connectivity index (χ0v) is 12.6. The second kappa shape index (κ2) is 6.12. The zero-order chi connectivity index (χ0) is 13.9. The molecule has 0 aromatic carbocycles. The predicted molar refractivity (Wildman–Crippen MR) is 76.2 cm³/mol. The normalized spacial score (nSPS) is 19.9. The molecule has 0 aliphatic heterocycles. The largest absolute Gasteiger partial charge is 0.444 e. The summed E-state index contributed by atoms with van der Waals surface area (Å²) >= 11 is 0. The van der Waals surface area contributed by atoms with Gasteiger partial charge in [-0.25, -0.2) is 4.79 Å². The molecule has 0 aromatic rings. The van der Waals surface area contributed by atoms with Gasteiger partial charge < -0.3 is 15.0 Å². The first kappa shape index (κ1) is 14.6. The van der Waals surface area contributed by atoms with Gasteiger partial charge in [-0.3, -0.25) is 0 Å². The minimum atomic E-state index is -0.399. The van der Waals surface area contributed by atoms with Crippen LogP contribution >= 0.6 is 0 Å². The topological polar surface area (TPSA) is 41.6 Å². The lowest BCUT2D eigenvalue weighted by molar-refractivity contribution is 0.0235. The van der Waals surface area contributed by atoms with E-state index in [2.05, 4.69) is 5.32 Å². The van der Waals surface area contributed by atoms with Crippen LogP contribution in [-0.2, 0) is 4.74 Å². The quantitative estimate of drug-likeness (QED) is 0.753. The Morgan fingerprint density at radius 3 is 2.42 bits per heavy atom. The van der Waals surface area contributed by atoms with Gasteiger partial charge in [-0.05, 0) is 58.9 Å². The Labute approximate surface area is 116 Å². The van der Waals surface area contributed by atoms with Crippen LogP contribution in [0.5, 0.6) is 0 Å². The summed E-state index contributed by atoms with van der Waals surface area (Å²) in [5, 5.41) is 3.47. The molecule has 2 rings (SSSR count). The molecular formula is C15H28N2O2. The molecular weight excluding hydrogens is 240 g/mol. The molecule has 0 spiro atoms. The van der Waals surface area contributed by atoms with Crippen LogP contribution < -0.4 is 5.32 Å². The summed E-state index contributed by atoms with van der Waals surface area (Å²) in [6.45, 7) is 8.52. The van der Waals surface area contributed by atoms with E-state index in [0.29, 0.717) is 6.04 Å². The van der Waals surface area contributed by atoms with Gasteiger partial charge in [0.05, 0.1) is 0 Å². The van der Waals surface area contributed by atoms with E-state index < -0.39 is 5.60 Å². The summed E-state index contributed by atoms with van der Waals surface area (Å²) in [6, 6.07) is 0.417. The molecule has 4 nitrogen and oxygen atoms in total. The van der Waals surface area contributed by atoms with Crippen molar-refractivity contribution >= 4 is 6.09 Å². The third kappa shape index (κ3) is 5.01. The molecule has 1 amide bonds. The first-order chi connectivity index (χ1) is 8.96. The van der Waals surface area contributed by atoms with Crippen molar-refractivity contribution in [3.63, 3.8) is 0 Å². The lowest BCUT2D eigenvalue weighted by Crippen LogP contribution is -2.42. The van der Waals surface area contributed by atoms with Crippen molar-refractivity contribution in [1.82, 2.24) is 10.2 Å². The highest BCUT2D eigenvalue weighted by atomic mass is 16.6. The van der Waals surface area contributed by atoms with Crippen molar-refractivity contribution in [2.45, 2.75) is 64.5 Å². The third-order valence-corrected chi connectivity index (χ3v) is 3.80. The van der Waals surface area contributed by atoms with Gasteiger partial charge in [0.25, 0.3) is 0 Å². The van der Waals surface area contributed by atoms with Crippen molar-refractivity contribution in [3.05, 3.63) is 0 Å². The molecule has 0 atom stereocenters. The molecule has 0 heterocycles. The molecule has 0 radical (unpaired) electrons. The SMILES string of the molecule is CC(C)(C)OC(=O)N(CCNCC1CCC1)C1CC1. The van der Waals surface area contributed by atoms with Crippen LogP contribution in [0.3, 0.4) is 0 Å². The van der Waals surface area contributed by atoms with E-state index >= 15 is 0 Å². The van der Waals surface area contributed by atoms with E-state index in [-0.39, 0.29) is 6.09 Å². The standard InChI is InChI=1S/C15H28N2O2/c1-15(2,3)19-14(18)17(13-7-8-13)10-9-16-11-12-5-4-6-12/h12-13,16H,4-11H2,1-3H3. The van der Waals surface area contributed by atoms with Crippen molar-refractivity contribution in [2.24, 2.45) is 5.92 Å². The number of nitrogens with zero attached hydrogens (tertiary/aromatic N) is 1. The summed E-state index contributed by atoms with van der Waals surface area (Å²) < 4.78 is 5.47. The van der Waals surface area contributed by atoms with Crippen LogP contribution in [0.2, 0.25) is 0 Å². The fourth-order valence-corrected chi connectivity index (χ4v) is 2.33. The molecule has 1 N–H and O–H groups in total. The molecule has 0 aromatic heterocycles.